The molecule has 10 nitrogen and oxygen atoms in total. The van der Waals surface area contributed by atoms with Gasteiger partial charge in [-0.25, -0.2) is 0 Å². The number of aliphatic hydroxyl groups excluding tert-OH is 1. The second kappa shape index (κ2) is 13.9. The maximum Gasteiger partial charge on any atom is 0.221 e. The zero-order valence-electron chi connectivity index (χ0n) is 24.1. The summed E-state index contributed by atoms with van der Waals surface area (Å²) in [6, 6.07) is 13.9. The highest BCUT2D eigenvalue weighted by Crippen LogP contribution is 2.38. The van der Waals surface area contributed by atoms with Crippen molar-refractivity contribution in [1.29, 1.82) is 0 Å². The first kappa shape index (κ1) is 30.4. The topological polar surface area (TPSA) is 159 Å². The van der Waals surface area contributed by atoms with Crippen molar-refractivity contribution in [3.05, 3.63) is 77.0 Å². The standard InChI is InChI=1S/C32H38N4O6/c1-4-22-20(16-34-18-28(39)19-10-11-26(37)27(38)12-19)8-7-9-24(22)36-32-21(13-31(33)40)17-35-25-15-30(42-6-3)29(41-5-2)14-23(25)32/h7-12,14-15,17,28,34,37-39H,4-6,13,16,18H2,1-3H3,(H2,33,40)(H,35,36). The van der Waals surface area contributed by atoms with Gasteiger partial charge in [-0.05, 0) is 61.2 Å². The maximum absolute atomic E-state index is 12.0. The number of phenols is 2. The Hall–Kier alpha value is -4.54. The minimum atomic E-state index is -0.872. The molecule has 1 heterocycles. The lowest BCUT2D eigenvalue weighted by atomic mass is 10.0. The van der Waals surface area contributed by atoms with Crippen LogP contribution in [-0.2, 0) is 24.2 Å². The number of ether oxygens (including phenoxy) is 2. The number of hydrogen-bond acceptors (Lipinski definition) is 9. The summed E-state index contributed by atoms with van der Waals surface area (Å²) in [5, 5.41) is 37.5. The number of benzene rings is 3. The number of fused-ring (bicyclic) bond motifs is 1. The van der Waals surface area contributed by atoms with Crippen molar-refractivity contribution in [1.82, 2.24) is 10.3 Å². The fourth-order valence-electron chi connectivity index (χ4n) is 4.93. The first-order chi connectivity index (χ1) is 20.2. The van der Waals surface area contributed by atoms with Crippen LogP contribution >= 0.6 is 0 Å². The monoisotopic (exact) mass is 574 g/mol. The van der Waals surface area contributed by atoms with Gasteiger partial charge in [-0.15, -0.1) is 0 Å². The van der Waals surface area contributed by atoms with Gasteiger partial charge in [0.25, 0.3) is 0 Å². The lowest BCUT2D eigenvalue weighted by Crippen LogP contribution is -2.22. The van der Waals surface area contributed by atoms with Gasteiger partial charge < -0.3 is 41.2 Å². The zero-order chi connectivity index (χ0) is 30.2. The summed E-state index contributed by atoms with van der Waals surface area (Å²) in [6.45, 7) is 7.54. The molecule has 7 N–H and O–H groups in total. The number of hydrogen-bond donors (Lipinski definition) is 6. The number of carbonyl (C=O) groups is 1. The highest BCUT2D eigenvalue weighted by atomic mass is 16.5. The van der Waals surface area contributed by atoms with Gasteiger partial charge in [0.15, 0.2) is 23.0 Å². The van der Waals surface area contributed by atoms with Gasteiger partial charge >= 0.3 is 0 Å². The van der Waals surface area contributed by atoms with E-state index in [-0.39, 0.29) is 24.5 Å². The summed E-state index contributed by atoms with van der Waals surface area (Å²) in [7, 11) is 0. The van der Waals surface area contributed by atoms with E-state index in [1.165, 1.54) is 12.1 Å². The molecule has 1 aromatic heterocycles. The number of nitrogens with one attached hydrogen (secondary N) is 2. The number of rotatable bonds is 14. The van der Waals surface area contributed by atoms with Crippen LogP contribution < -0.4 is 25.8 Å². The van der Waals surface area contributed by atoms with Crippen LogP contribution in [0.2, 0.25) is 0 Å². The first-order valence-corrected chi connectivity index (χ1v) is 14.0. The molecular weight excluding hydrogens is 536 g/mol. The fraction of sp³-hybridized carbons (Fsp3) is 0.312. The third-order valence-electron chi connectivity index (χ3n) is 6.90. The van der Waals surface area contributed by atoms with E-state index in [9.17, 15) is 20.1 Å². The van der Waals surface area contributed by atoms with Crippen molar-refractivity contribution in [2.45, 2.75) is 46.3 Å². The summed E-state index contributed by atoms with van der Waals surface area (Å²) in [4.78, 5) is 16.6. The predicted octanol–water partition coefficient (Wildman–Crippen LogP) is 4.60. The van der Waals surface area contributed by atoms with Crippen LogP contribution in [0.1, 0.15) is 49.1 Å². The molecule has 0 spiro atoms. The van der Waals surface area contributed by atoms with E-state index in [2.05, 4.69) is 22.5 Å². The van der Waals surface area contributed by atoms with E-state index in [0.717, 1.165) is 28.6 Å². The molecule has 0 saturated carbocycles. The molecule has 0 aliphatic rings. The number of primary amides is 1. The van der Waals surface area contributed by atoms with Crippen LogP contribution in [0, 0.1) is 0 Å². The van der Waals surface area contributed by atoms with E-state index in [1.54, 1.807) is 12.3 Å². The van der Waals surface area contributed by atoms with E-state index in [4.69, 9.17) is 15.2 Å². The molecule has 42 heavy (non-hydrogen) atoms. The number of aromatic nitrogens is 1. The fourth-order valence-corrected chi connectivity index (χ4v) is 4.93. The lowest BCUT2D eigenvalue weighted by Gasteiger charge is -2.20. The molecule has 3 aromatic carbocycles. The summed E-state index contributed by atoms with van der Waals surface area (Å²) in [6.07, 6.45) is 1.52. The smallest absolute Gasteiger partial charge is 0.221 e. The second-order valence-electron chi connectivity index (χ2n) is 9.80. The van der Waals surface area contributed by atoms with E-state index in [0.29, 0.717) is 53.6 Å². The largest absolute Gasteiger partial charge is 0.504 e. The lowest BCUT2D eigenvalue weighted by molar-refractivity contribution is -0.117. The number of nitrogens with zero attached hydrogens (tertiary/aromatic N) is 1. The predicted molar refractivity (Wildman–Crippen MR) is 163 cm³/mol. The Bertz CT molecular complexity index is 1560. The number of aromatic hydroxyl groups is 2. The maximum atomic E-state index is 12.0. The van der Waals surface area contributed by atoms with Crippen LogP contribution in [0.4, 0.5) is 11.4 Å². The Balaban J connectivity index is 1.65. The minimum absolute atomic E-state index is 0.00978. The number of amides is 1. The summed E-state index contributed by atoms with van der Waals surface area (Å²) < 4.78 is 11.7. The molecule has 10 heteroatoms. The molecule has 222 valence electrons. The minimum Gasteiger partial charge on any atom is -0.504 e. The third-order valence-corrected chi connectivity index (χ3v) is 6.90. The molecule has 0 saturated heterocycles. The van der Waals surface area contributed by atoms with Gasteiger partial charge in [0.05, 0.1) is 36.9 Å². The highest BCUT2D eigenvalue weighted by molar-refractivity contribution is 5.98. The van der Waals surface area contributed by atoms with E-state index < -0.39 is 12.0 Å². The first-order valence-electron chi connectivity index (χ1n) is 14.0. The highest BCUT2D eigenvalue weighted by Gasteiger charge is 2.18. The van der Waals surface area contributed by atoms with Crippen molar-refractivity contribution < 1.29 is 29.6 Å². The SMILES string of the molecule is CCOc1cc2ncc(CC(N)=O)c(Nc3cccc(CNCC(O)c4ccc(O)c(O)c4)c3CC)c2cc1OCC. The molecule has 1 amide bonds. The average molecular weight is 575 g/mol. The van der Waals surface area contributed by atoms with Gasteiger partial charge in [0.2, 0.25) is 5.91 Å². The number of nitrogens with two attached hydrogens (primary N) is 1. The molecule has 1 unspecified atom stereocenters. The van der Waals surface area contributed by atoms with Gasteiger partial charge in [0, 0.05) is 42.0 Å². The Labute approximate surface area is 245 Å². The number of pyridine rings is 1. The Kier molecular flexibility index (Phi) is 10.1. The van der Waals surface area contributed by atoms with Crippen LogP contribution in [0.3, 0.4) is 0 Å². The Morgan fingerprint density at radius 3 is 2.38 bits per heavy atom. The van der Waals surface area contributed by atoms with Gasteiger partial charge in [-0.2, -0.15) is 0 Å². The van der Waals surface area contributed by atoms with Crippen molar-refractivity contribution in [3.8, 4) is 23.0 Å². The van der Waals surface area contributed by atoms with Gasteiger partial charge in [0.1, 0.15) is 0 Å². The number of aliphatic hydroxyl groups is 1. The third kappa shape index (κ3) is 7.02. The Morgan fingerprint density at radius 2 is 1.71 bits per heavy atom. The summed E-state index contributed by atoms with van der Waals surface area (Å²) in [5.41, 5.74) is 11.1. The summed E-state index contributed by atoms with van der Waals surface area (Å²) in [5.74, 6) is 0.201. The molecule has 0 aliphatic heterocycles. The molecule has 4 aromatic rings. The normalized spacial score (nSPS) is 11.8. The number of phenolic OH excluding ortho intramolecular Hbond substituents is 2. The van der Waals surface area contributed by atoms with E-state index in [1.807, 2.05) is 44.2 Å². The van der Waals surface area contributed by atoms with Crippen LogP contribution in [0.25, 0.3) is 10.9 Å². The molecule has 4 rings (SSSR count). The van der Waals surface area contributed by atoms with E-state index >= 15 is 0 Å². The molecular formula is C32H38N4O6. The molecule has 0 radical (unpaired) electrons. The second-order valence-corrected chi connectivity index (χ2v) is 9.80. The molecule has 0 fully saturated rings. The number of anilines is 2. The van der Waals surface area contributed by atoms with Crippen LogP contribution in [0.5, 0.6) is 23.0 Å². The average Bonchev–Trinajstić information content (AvgIpc) is 2.96. The molecule has 1 atom stereocenters. The summed E-state index contributed by atoms with van der Waals surface area (Å²) >= 11 is 0. The van der Waals surface area contributed by atoms with Crippen molar-refractivity contribution >= 4 is 28.2 Å². The van der Waals surface area contributed by atoms with Gasteiger partial charge in [-0.1, -0.05) is 25.1 Å². The van der Waals surface area contributed by atoms with Crippen molar-refractivity contribution in [3.63, 3.8) is 0 Å². The van der Waals surface area contributed by atoms with Crippen LogP contribution in [-0.4, -0.2) is 46.0 Å². The zero-order valence-corrected chi connectivity index (χ0v) is 24.1. The number of carbonyl (C=O) groups excluding carboxylic acids is 1. The molecule has 0 bridgehead atoms. The van der Waals surface area contributed by atoms with Crippen molar-refractivity contribution in [2.75, 3.05) is 25.1 Å². The molecule has 0 aliphatic carbocycles. The quantitative estimate of drug-likeness (QED) is 0.118. The van der Waals surface area contributed by atoms with Gasteiger partial charge in [-0.3, -0.25) is 9.78 Å². The Morgan fingerprint density at radius 1 is 0.976 bits per heavy atom. The van der Waals surface area contributed by atoms with Crippen LogP contribution in [0.15, 0.2) is 54.7 Å². The van der Waals surface area contributed by atoms with Crippen molar-refractivity contribution in [2.24, 2.45) is 5.73 Å².